The van der Waals surface area contributed by atoms with Gasteiger partial charge >= 0.3 is 0 Å². The van der Waals surface area contributed by atoms with Crippen molar-refractivity contribution in [2.75, 3.05) is 63.8 Å². The number of rotatable bonds is 2. The number of fused-ring (bicyclic) bond motifs is 3. The molecular formula is C14H23N5O. The summed E-state index contributed by atoms with van der Waals surface area (Å²) in [5, 5.41) is 0. The van der Waals surface area contributed by atoms with Gasteiger partial charge in [-0.05, 0) is 13.1 Å². The predicted molar refractivity (Wildman–Crippen MR) is 79.3 cm³/mol. The summed E-state index contributed by atoms with van der Waals surface area (Å²) in [7, 11) is 6.20. The lowest BCUT2D eigenvalue weighted by atomic mass is 10.1. The van der Waals surface area contributed by atoms with Crippen LogP contribution < -0.4 is 9.80 Å². The van der Waals surface area contributed by atoms with Crippen molar-refractivity contribution < 1.29 is 4.74 Å². The Morgan fingerprint density at radius 3 is 2.90 bits per heavy atom. The van der Waals surface area contributed by atoms with E-state index in [0.717, 1.165) is 44.6 Å². The number of ether oxygens (including phenoxy) is 1. The van der Waals surface area contributed by atoms with Gasteiger partial charge < -0.3 is 14.5 Å². The lowest BCUT2D eigenvalue weighted by molar-refractivity contribution is 0.0928. The van der Waals surface area contributed by atoms with Crippen molar-refractivity contribution in [3.05, 3.63) is 12.3 Å². The van der Waals surface area contributed by atoms with E-state index in [1.807, 2.05) is 31.3 Å². The van der Waals surface area contributed by atoms with Crippen molar-refractivity contribution >= 4 is 11.8 Å². The standard InChI is InChI=1S/C14H23N5O/c1-17(2)13-4-5-15-14(16-13)19-7-11-6-18(3)12(8-19)10-20-9-11/h4-5,11-12H,6-10H2,1-3H3/t11-,12+/m1/s1. The molecule has 2 fully saturated rings. The van der Waals surface area contributed by atoms with Gasteiger partial charge in [-0.3, -0.25) is 4.90 Å². The van der Waals surface area contributed by atoms with Crippen molar-refractivity contribution in [3.8, 4) is 0 Å². The highest BCUT2D eigenvalue weighted by atomic mass is 16.5. The van der Waals surface area contributed by atoms with Crippen molar-refractivity contribution in [1.29, 1.82) is 0 Å². The van der Waals surface area contributed by atoms with E-state index in [4.69, 9.17) is 4.74 Å². The summed E-state index contributed by atoms with van der Waals surface area (Å²) in [4.78, 5) is 15.9. The summed E-state index contributed by atoms with van der Waals surface area (Å²) in [5.74, 6) is 2.32. The fraction of sp³-hybridized carbons (Fsp3) is 0.714. The molecule has 2 aliphatic rings. The van der Waals surface area contributed by atoms with Crippen molar-refractivity contribution in [3.63, 3.8) is 0 Å². The molecule has 20 heavy (non-hydrogen) atoms. The molecule has 0 N–H and O–H groups in total. The van der Waals surface area contributed by atoms with Gasteiger partial charge in [0.25, 0.3) is 0 Å². The highest BCUT2D eigenvalue weighted by molar-refractivity contribution is 5.42. The normalized spacial score (nSPS) is 27.2. The van der Waals surface area contributed by atoms with Crippen LogP contribution in [0.5, 0.6) is 0 Å². The van der Waals surface area contributed by atoms with E-state index in [1.54, 1.807) is 0 Å². The summed E-state index contributed by atoms with van der Waals surface area (Å²) in [5.41, 5.74) is 0. The first kappa shape index (κ1) is 13.6. The molecule has 6 heteroatoms. The molecule has 1 aromatic heterocycles. The van der Waals surface area contributed by atoms with Gasteiger partial charge in [0, 0.05) is 45.8 Å². The first-order chi connectivity index (χ1) is 9.63. The Bertz CT molecular complexity index is 467. The Balaban J connectivity index is 1.85. The molecule has 1 aromatic rings. The lowest BCUT2D eigenvalue weighted by Gasteiger charge is -2.30. The van der Waals surface area contributed by atoms with Crippen LogP contribution in [0.2, 0.25) is 0 Å². The Morgan fingerprint density at radius 2 is 2.10 bits per heavy atom. The Hall–Kier alpha value is -1.40. The molecule has 2 saturated heterocycles. The average molecular weight is 277 g/mol. The predicted octanol–water partition coefficient (Wildman–Crippen LogP) is 0.309. The van der Waals surface area contributed by atoms with Crippen LogP contribution in [0.4, 0.5) is 11.8 Å². The number of aromatic nitrogens is 2. The second kappa shape index (κ2) is 5.54. The minimum Gasteiger partial charge on any atom is -0.379 e. The summed E-state index contributed by atoms with van der Waals surface area (Å²) < 4.78 is 5.76. The zero-order valence-corrected chi connectivity index (χ0v) is 12.5. The largest absolute Gasteiger partial charge is 0.379 e. The van der Waals surface area contributed by atoms with Crippen LogP contribution in [0.1, 0.15) is 0 Å². The summed E-state index contributed by atoms with van der Waals surface area (Å²) in [6.07, 6.45) is 1.85. The molecule has 6 nitrogen and oxygen atoms in total. The van der Waals surface area contributed by atoms with Gasteiger partial charge in [-0.1, -0.05) is 0 Å². The molecule has 0 unspecified atom stereocenters. The molecule has 3 heterocycles. The van der Waals surface area contributed by atoms with E-state index in [0.29, 0.717) is 12.0 Å². The third kappa shape index (κ3) is 2.71. The summed E-state index contributed by atoms with van der Waals surface area (Å²) in [6, 6.07) is 2.37. The molecule has 0 radical (unpaired) electrons. The van der Waals surface area contributed by atoms with Gasteiger partial charge in [-0.15, -0.1) is 0 Å². The molecule has 2 atom stereocenters. The van der Waals surface area contributed by atoms with Gasteiger partial charge in [-0.2, -0.15) is 4.98 Å². The molecule has 0 spiro atoms. The Kier molecular flexibility index (Phi) is 3.76. The van der Waals surface area contributed by atoms with Crippen LogP contribution >= 0.6 is 0 Å². The number of likely N-dealkylation sites (N-methyl/N-ethyl adjacent to an activating group) is 1. The minimum atomic E-state index is 0.425. The molecule has 0 saturated carbocycles. The quantitative estimate of drug-likeness (QED) is 0.775. The molecule has 2 aliphatic heterocycles. The van der Waals surface area contributed by atoms with Crippen molar-refractivity contribution in [1.82, 2.24) is 14.9 Å². The Labute approximate surface area is 120 Å². The van der Waals surface area contributed by atoms with Gasteiger partial charge in [0.15, 0.2) is 0 Å². The van der Waals surface area contributed by atoms with E-state index in [9.17, 15) is 0 Å². The van der Waals surface area contributed by atoms with Gasteiger partial charge in [0.2, 0.25) is 5.95 Å². The number of hydrogen-bond donors (Lipinski definition) is 0. The van der Waals surface area contributed by atoms with E-state index in [2.05, 4.69) is 26.8 Å². The lowest BCUT2D eigenvalue weighted by Crippen LogP contribution is -2.43. The first-order valence-corrected chi connectivity index (χ1v) is 7.17. The molecule has 0 aromatic carbocycles. The molecule has 0 aliphatic carbocycles. The molecule has 110 valence electrons. The second-order valence-corrected chi connectivity index (χ2v) is 6.01. The summed E-state index contributed by atoms with van der Waals surface area (Å²) >= 11 is 0. The number of hydrogen-bond acceptors (Lipinski definition) is 6. The second-order valence-electron chi connectivity index (χ2n) is 6.01. The van der Waals surface area contributed by atoms with Crippen LogP contribution in [0.15, 0.2) is 12.3 Å². The highest BCUT2D eigenvalue weighted by Gasteiger charge is 2.32. The molecule has 2 bridgehead atoms. The van der Waals surface area contributed by atoms with E-state index in [1.165, 1.54) is 0 Å². The zero-order chi connectivity index (χ0) is 14.1. The van der Waals surface area contributed by atoms with Gasteiger partial charge in [-0.25, -0.2) is 4.98 Å². The van der Waals surface area contributed by atoms with E-state index in [-0.39, 0.29) is 0 Å². The molecule has 3 rings (SSSR count). The van der Waals surface area contributed by atoms with Crippen molar-refractivity contribution in [2.24, 2.45) is 5.92 Å². The first-order valence-electron chi connectivity index (χ1n) is 7.17. The van der Waals surface area contributed by atoms with Crippen LogP contribution in [0.3, 0.4) is 0 Å². The smallest absolute Gasteiger partial charge is 0.227 e. The number of nitrogens with zero attached hydrogens (tertiary/aromatic N) is 5. The Morgan fingerprint density at radius 1 is 1.25 bits per heavy atom. The number of anilines is 2. The fourth-order valence-electron chi connectivity index (χ4n) is 2.95. The maximum absolute atomic E-state index is 5.76. The molecular weight excluding hydrogens is 254 g/mol. The highest BCUT2D eigenvalue weighted by Crippen LogP contribution is 2.22. The minimum absolute atomic E-state index is 0.425. The van der Waals surface area contributed by atoms with E-state index < -0.39 is 0 Å². The average Bonchev–Trinajstić information content (AvgIpc) is 2.67. The van der Waals surface area contributed by atoms with E-state index >= 15 is 0 Å². The van der Waals surface area contributed by atoms with Gasteiger partial charge in [0.1, 0.15) is 5.82 Å². The SMILES string of the molecule is CN(C)c1ccnc(N2C[C@@H]3COC[C@H](C2)N(C)C3)n1. The zero-order valence-electron chi connectivity index (χ0n) is 12.5. The maximum Gasteiger partial charge on any atom is 0.227 e. The van der Waals surface area contributed by atoms with Crippen LogP contribution in [0.25, 0.3) is 0 Å². The third-order valence-electron chi connectivity index (χ3n) is 4.11. The van der Waals surface area contributed by atoms with Crippen LogP contribution in [-0.2, 0) is 4.74 Å². The maximum atomic E-state index is 5.76. The van der Waals surface area contributed by atoms with Crippen LogP contribution in [0, 0.1) is 5.92 Å². The topological polar surface area (TPSA) is 44.7 Å². The van der Waals surface area contributed by atoms with Gasteiger partial charge in [0.05, 0.1) is 19.3 Å². The van der Waals surface area contributed by atoms with Crippen LogP contribution in [-0.4, -0.2) is 74.9 Å². The monoisotopic (exact) mass is 277 g/mol. The third-order valence-corrected chi connectivity index (χ3v) is 4.11. The summed E-state index contributed by atoms with van der Waals surface area (Å²) in [6.45, 7) is 4.64. The molecule has 0 amide bonds. The van der Waals surface area contributed by atoms with Crippen molar-refractivity contribution in [2.45, 2.75) is 6.04 Å². The fourth-order valence-corrected chi connectivity index (χ4v) is 2.95.